The van der Waals surface area contributed by atoms with Crippen LogP contribution in [-0.4, -0.2) is 6.26 Å². The van der Waals surface area contributed by atoms with Crippen molar-refractivity contribution in [2.45, 2.75) is 14.7 Å². The van der Waals surface area contributed by atoms with Gasteiger partial charge in [0.15, 0.2) is 0 Å². The lowest BCUT2D eigenvalue weighted by Crippen LogP contribution is -2.05. The summed E-state index contributed by atoms with van der Waals surface area (Å²) in [5.74, 6) is -5.46. The van der Waals surface area contributed by atoms with Gasteiger partial charge in [0, 0.05) is 32.9 Å². The predicted octanol–water partition coefficient (Wildman–Crippen LogP) is 6.43. The SMILES string of the molecule is CS(c1cc(F)cc(F)c1)(c1cc(F)cc(F)c1)c1cc(F)cc(F)c1. The van der Waals surface area contributed by atoms with E-state index >= 15 is 0 Å². The first-order chi connectivity index (χ1) is 12.2. The van der Waals surface area contributed by atoms with E-state index in [1.807, 2.05) is 0 Å². The fraction of sp³-hybridized carbons (Fsp3) is 0.0526. The minimum absolute atomic E-state index is 0.0324. The molecule has 26 heavy (non-hydrogen) atoms. The zero-order valence-electron chi connectivity index (χ0n) is 13.4. The molecule has 0 saturated heterocycles. The van der Waals surface area contributed by atoms with Crippen molar-refractivity contribution in [3.8, 4) is 0 Å². The van der Waals surface area contributed by atoms with Crippen molar-refractivity contribution in [2.24, 2.45) is 0 Å². The fourth-order valence-electron chi connectivity index (χ4n) is 2.70. The Morgan fingerprint density at radius 3 is 0.808 bits per heavy atom. The van der Waals surface area contributed by atoms with Gasteiger partial charge < -0.3 is 0 Å². The van der Waals surface area contributed by atoms with Gasteiger partial charge in [-0.15, -0.1) is 0 Å². The summed E-state index contributed by atoms with van der Waals surface area (Å²) in [6, 6.07) is 7.86. The second kappa shape index (κ2) is 6.72. The van der Waals surface area contributed by atoms with Crippen molar-refractivity contribution < 1.29 is 26.3 Å². The Morgan fingerprint density at radius 1 is 0.423 bits per heavy atom. The van der Waals surface area contributed by atoms with Gasteiger partial charge in [0.05, 0.1) is 0 Å². The van der Waals surface area contributed by atoms with Gasteiger partial charge in [0.2, 0.25) is 0 Å². The summed E-state index contributed by atoms with van der Waals surface area (Å²) in [6.45, 7) is 0. The molecule has 0 unspecified atom stereocenters. The first-order valence-electron chi connectivity index (χ1n) is 7.35. The first kappa shape index (κ1) is 18.4. The fourth-order valence-corrected chi connectivity index (χ4v) is 5.61. The van der Waals surface area contributed by atoms with Gasteiger partial charge >= 0.3 is 0 Å². The van der Waals surface area contributed by atoms with E-state index in [4.69, 9.17) is 0 Å². The van der Waals surface area contributed by atoms with Crippen LogP contribution in [0.15, 0.2) is 69.3 Å². The summed E-state index contributed by atoms with van der Waals surface area (Å²) >= 11 is 0. The standard InChI is InChI=1S/C19H12F6S/c1-26(17-5-11(20)2-12(21)6-17,18-7-13(22)3-14(23)8-18)19-9-15(24)4-16(25)10-19/h2-10H,1H3. The summed E-state index contributed by atoms with van der Waals surface area (Å²) in [4.78, 5) is 0.0972. The van der Waals surface area contributed by atoms with E-state index in [2.05, 4.69) is 0 Å². The van der Waals surface area contributed by atoms with Crippen LogP contribution in [0.2, 0.25) is 0 Å². The quantitative estimate of drug-likeness (QED) is 0.455. The maximum atomic E-state index is 13.8. The lowest BCUT2D eigenvalue weighted by atomic mass is 10.3. The number of hydrogen-bond donors (Lipinski definition) is 0. The molecule has 3 rings (SSSR count). The van der Waals surface area contributed by atoms with Gasteiger partial charge in [0.25, 0.3) is 0 Å². The predicted molar refractivity (Wildman–Crippen MR) is 87.4 cm³/mol. The van der Waals surface area contributed by atoms with E-state index in [9.17, 15) is 26.3 Å². The van der Waals surface area contributed by atoms with Crippen LogP contribution in [0.25, 0.3) is 0 Å². The normalized spacial score (nSPS) is 12.3. The Balaban J connectivity index is 2.38. The van der Waals surface area contributed by atoms with Crippen molar-refractivity contribution in [2.75, 3.05) is 6.26 Å². The summed E-state index contributed by atoms with van der Waals surface area (Å²) in [7, 11) is -2.75. The lowest BCUT2D eigenvalue weighted by molar-refractivity contribution is 0.575. The molecule has 0 atom stereocenters. The second-order valence-corrected chi connectivity index (χ2v) is 8.99. The number of benzene rings is 3. The largest absolute Gasteiger partial charge is 0.207 e. The van der Waals surface area contributed by atoms with E-state index in [1.54, 1.807) is 0 Å². The molecule has 0 amide bonds. The van der Waals surface area contributed by atoms with Crippen LogP contribution in [0.1, 0.15) is 0 Å². The third kappa shape index (κ3) is 3.44. The Morgan fingerprint density at radius 2 is 0.615 bits per heavy atom. The van der Waals surface area contributed by atoms with Crippen LogP contribution in [0.3, 0.4) is 0 Å². The van der Waals surface area contributed by atoms with E-state index < -0.39 is 44.9 Å². The van der Waals surface area contributed by atoms with Crippen molar-refractivity contribution in [1.29, 1.82) is 0 Å². The molecule has 0 aliphatic heterocycles. The summed E-state index contributed by atoms with van der Waals surface area (Å²) in [5, 5.41) is 0. The maximum absolute atomic E-state index is 13.8. The Labute approximate surface area is 147 Å². The van der Waals surface area contributed by atoms with Crippen molar-refractivity contribution in [1.82, 2.24) is 0 Å². The molecule has 7 heteroatoms. The summed E-state index contributed by atoms with van der Waals surface area (Å²) in [5.41, 5.74) is 0. The highest BCUT2D eigenvalue weighted by Crippen LogP contribution is 2.66. The molecule has 0 radical (unpaired) electrons. The Hall–Kier alpha value is -2.41. The third-order valence-corrected chi connectivity index (χ3v) is 7.46. The number of halogens is 6. The van der Waals surface area contributed by atoms with Crippen LogP contribution >= 0.6 is 10.0 Å². The monoisotopic (exact) mass is 386 g/mol. The smallest absolute Gasteiger partial charge is 0.127 e. The van der Waals surface area contributed by atoms with Crippen LogP contribution in [-0.2, 0) is 0 Å². The molecule has 0 fully saturated rings. The minimum atomic E-state index is -2.75. The third-order valence-electron chi connectivity index (χ3n) is 3.92. The van der Waals surface area contributed by atoms with E-state index in [-0.39, 0.29) is 14.7 Å². The van der Waals surface area contributed by atoms with Gasteiger partial charge in [0.1, 0.15) is 34.9 Å². The number of hydrogen-bond acceptors (Lipinski definition) is 0. The molecule has 0 saturated carbocycles. The van der Waals surface area contributed by atoms with Gasteiger partial charge in [-0.3, -0.25) is 0 Å². The molecule has 3 aromatic carbocycles. The minimum Gasteiger partial charge on any atom is -0.207 e. The molecule has 0 aliphatic rings. The van der Waals surface area contributed by atoms with Gasteiger partial charge in [-0.25, -0.2) is 26.3 Å². The highest BCUT2D eigenvalue weighted by molar-refractivity contribution is 8.33. The average molecular weight is 386 g/mol. The Bertz CT molecular complexity index is 800. The first-order valence-corrected chi connectivity index (χ1v) is 9.39. The van der Waals surface area contributed by atoms with Crippen LogP contribution in [0.4, 0.5) is 26.3 Å². The molecule has 136 valence electrons. The van der Waals surface area contributed by atoms with E-state index in [0.717, 1.165) is 36.4 Å². The molecular formula is C19H12F6S. The van der Waals surface area contributed by atoms with Gasteiger partial charge in [-0.2, -0.15) is 10.0 Å². The summed E-state index contributed by atoms with van der Waals surface area (Å²) < 4.78 is 82.7. The lowest BCUT2D eigenvalue weighted by Gasteiger charge is -2.37. The Kier molecular flexibility index (Phi) is 4.75. The molecule has 0 spiro atoms. The molecule has 0 nitrogen and oxygen atoms in total. The van der Waals surface area contributed by atoms with Crippen molar-refractivity contribution in [3.63, 3.8) is 0 Å². The molecule has 0 heterocycles. The highest BCUT2D eigenvalue weighted by Gasteiger charge is 2.29. The van der Waals surface area contributed by atoms with E-state index in [0.29, 0.717) is 18.2 Å². The molecule has 0 N–H and O–H groups in total. The van der Waals surface area contributed by atoms with E-state index in [1.165, 1.54) is 6.26 Å². The average Bonchev–Trinajstić information content (AvgIpc) is 2.51. The topological polar surface area (TPSA) is 0 Å². The van der Waals surface area contributed by atoms with Gasteiger partial charge in [-0.05, 0) is 42.7 Å². The van der Waals surface area contributed by atoms with Crippen molar-refractivity contribution >= 4 is 10.0 Å². The van der Waals surface area contributed by atoms with Gasteiger partial charge in [-0.1, -0.05) is 0 Å². The van der Waals surface area contributed by atoms with Crippen molar-refractivity contribution in [3.05, 3.63) is 89.5 Å². The molecule has 3 aromatic rings. The zero-order chi connectivity index (χ0) is 19.1. The number of rotatable bonds is 3. The molecular weight excluding hydrogens is 374 g/mol. The van der Waals surface area contributed by atoms with Crippen LogP contribution in [0, 0.1) is 34.9 Å². The highest BCUT2D eigenvalue weighted by atomic mass is 32.3. The summed E-state index contributed by atoms with van der Waals surface area (Å²) in [6.07, 6.45) is 1.46. The van der Waals surface area contributed by atoms with Crippen LogP contribution in [0.5, 0.6) is 0 Å². The zero-order valence-corrected chi connectivity index (χ0v) is 14.2. The van der Waals surface area contributed by atoms with Crippen LogP contribution < -0.4 is 0 Å². The molecule has 0 aliphatic carbocycles. The maximum Gasteiger partial charge on any atom is 0.127 e. The second-order valence-electron chi connectivity index (χ2n) is 5.73. The molecule has 0 aromatic heterocycles. The molecule has 0 bridgehead atoms.